The highest BCUT2D eigenvalue weighted by Crippen LogP contribution is 2.33. The molecule has 3 heterocycles. The predicted molar refractivity (Wildman–Crippen MR) is 76.1 cm³/mol. The van der Waals surface area contributed by atoms with Crippen LogP contribution in [0.2, 0.25) is 0 Å². The minimum absolute atomic E-state index is 0.0255. The van der Waals surface area contributed by atoms with Gasteiger partial charge in [-0.25, -0.2) is 4.98 Å². The van der Waals surface area contributed by atoms with Gasteiger partial charge in [0.2, 0.25) is 0 Å². The molecular weight excluding hydrogens is 238 g/mol. The number of nitrogens with two attached hydrogens (primary N) is 1. The topological polar surface area (TPSA) is 53.1 Å². The van der Waals surface area contributed by atoms with Crippen molar-refractivity contribution in [3.63, 3.8) is 0 Å². The van der Waals surface area contributed by atoms with E-state index < -0.39 is 0 Å². The number of hydrogen-bond acceptors (Lipinski definition) is 3. The van der Waals surface area contributed by atoms with Crippen LogP contribution in [0.1, 0.15) is 43.0 Å². The second-order valence-corrected chi connectivity index (χ2v) is 5.47. The van der Waals surface area contributed by atoms with Gasteiger partial charge in [-0.05, 0) is 43.4 Å². The first-order chi connectivity index (χ1) is 9.16. The van der Waals surface area contributed by atoms with E-state index in [2.05, 4.69) is 29.9 Å². The lowest BCUT2D eigenvalue weighted by Gasteiger charge is -2.25. The van der Waals surface area contributed by atoms with Crippen molar-refractivity contribution in [2.24, 2.45) is 12.8 Å². The van der Waals surface area contributed by atoms with E-state index >= 15 is 0 Å². The fourth-order valence-electron chi connectivity index (χ4n) is 2.91. The van der Waals surface area contributed by atoms with E-state index in [0.29, 0.717) is 5.92 Å². The highest BCUT2D eigenvalue weighted by molar-refractivity contribution is 5.77. The summed E-state index contributed by atoms with van der Waals surface area (Å²) >= 11 is 0. The third-order valence-electron chi connectivity index (χ3n) is 4.02. The summed E-state index contributed by atoms with van der Waals surface area (Å²) in [5.74, 6) is 0.529. The molecule has 0 aliphatic carbocycles. The van der Waals surface area contributed by atoms with Gasteiger partial charge in [0.25, 0.3) is 0 Å². The molecule has 0 amide bonds. The average Bonchev–Trinajstić information content (AvgIpc) is 2.79. The number of ether oxygens (including phenoxy) is 1. The normalized spacial score (nSPS) is 18.9. The summed E-state index contributed by atoms with van der Waals surface area (Å²) in [7, 11) is 2.06. The number of fused-ring (bicyclic) bond motifs is 1. The molecule has 2 aromatic heterocycles. The van der Waals surface area contributed by atoms with Crippen molar-refractivity contribution in [3.8, 4) is 0 Å². The van der Waals surface area contributed by atoms with Gasteiger partial charge in [-0.1, -0.05) is 0 Å². The zero-order chi connectivity index (χ0) is 13.4. The Bertz CT molecular complexity index is 582. The van der Waals surface area contributed by atoms with Gasteiger partial charge in [0, 0.05) is 32.5 Å². The van der Waals surface area contributed by atoms with Crippen molar-refractivity contribution in [2.75, 3.05) is 13.2 Å². The largest absolute Gasteiger partial charge is 0.381 e. The third kappa shape index (κ3) is 2.26. The molecule has 19 heavy (non-hydrogen) atoms. The fourth-order valence-corrected chi connectivity index (χ4v) is 2.91. The summed E-state index contributed by atoms with van der Waals surface area (Å²) in [4.78, 5) is 4.78. The summed E-state index contributed by atoms with van der Waals surface area (Å²) in [6.07, 6.45) is 4.19. The monoisotopic (exact) mass is 259 g/mol. The Labute approximate surface area is 113 Å². The SMILES string of the molecule is C[C@H](N)c1nc2ccn(C)c2cc1C1CCOCC1. The van der Waals surface area contributed by atoms with Crippen molar-refractivity contribution < 1.29 is 4.74 Å². The molecule has 4 heteroatoms. The lowest BCUT2D eigenvalue weighted by atomic mass is 9.88. The lowest BCUT2D eigenvalue weighted by Crippen LogP contribution is -2.19. The standard InChI is InChI=1S/C15H21N3O/c1-10(16)15-12(11-4-7-19-8-5-11)9-14-13(17-15)3-6-18(14)2/h3,6,9-11H,4-5,7-8,16H2,1-2H3/t10-/m0/s1. The minimum Gasteiger partial charge on any atom is -0.381 e. The Morgan fingerprint density at radius 2 is 2.16 bits per heavy atom. The second kappa shape index (κ2) is 4.94. The molecule has 1 fully saturated rings. The van der Waals surface area contributed by atoms with Gasteiger partial charge in [0.1, 0.15) is 0 Å². The average molecular weight is 259 g/mol. The molecule has 0 unspecified atom stereocenters. The maximum atomic E-state index is 6.12. The van der Waals surface area contributed by atoms with E-state index in [1.807, 2.05) is 6.92 Å². The Morgan fingerprint density at radius 3 is 2.84 bits per heavy atom. The van der Waals surface area contributed by atoms with Gasteiger partial charge >= 0.3 is 0 Å². The van der Waals surface area contributed by atoms with Crippen molar-refractivity contribution in [2.45, 2.75) is 31.7 Å². The quantitative estimate of drug-likeness (QED) is 0.901. The second-order valence-electron chi connectivity index (χ2n) is 5.47. The van der Waals surface area contributed by atoms with Crippen LogP contribution in [0.4, 0.5) is 0 Å². The third-order valence-corrected chi connectivity index (χ3v) is 4.02. The molecule has 4 nitrogen and oxygen atoms in total. The van der Waals surface area contributed by atoms with Crippen LogP contribution < -0.4 is 5.73 Å². The zero-order valence-corrected chi connectivity index (χ0v) is 11.6. The molecule has 1 aliphatic heterocycles. The van der Waals surface area contributed by atoms with Crippen LogP contribution in [0.3, 0.4) is 0 Å². The lowest BCUT2D eigenvalue weighted by molar-refractivity contribution is 0.0850. The van der Waals surface area contributed by atoms with Gasteiger partial charge < -0.3 is 15.0 Å². The number of nitrogens with zero attached hydrogens (tertiary/aromatic N) is 2. The van der Waals surface area contributed by atoms with Gasteiger partial charge in [-0.2, -0.15) is 0 Å². The van der Waals surface area contributed by atoms with Gasteiger partial charge in [-0.3, -0.25) is 0 Å². The molecule has 0 saturated carbocycles. The Morgan fingerprint density at radius 1 is 1.42 bits per heavy atom. The van der Waals surface area contributed by atoms with Crippen LogP contribution in [0, 0.1) is 0 Å². The summed E-state index contributed by atoms with van der Waals surface area (Å²) in [5.41, 5.74) is 10.7. The Balaban J connectivity index is 2.13. The molecule has 0 radical (unpaired) electrons. The van der Waals surface area contributed by atoms with E-state index in [-0.39, 0.29) is 6.04 Å². The summed E-state index contributed by atoms with van der Waals surface area (Å²) in [5, 5.41) is 0. The maximum Gasteiger partial charge on any atom is 0.0885 e. The van der Waals surface area contributed by atoms with Crippen LogP contribution in [0.25, 0.3) is 11.0 Å². The zero-order valence-electron chi connectivity index (χ0n) is 11.6. The molecule has 102 valence electrons. The molecule has 1 saturated heterocycles. The van der Waals surface area contributed by atoms with E-state index in [4.69, 9.17) is 15.5 Å². The van der Waals surface area contributed by atoms with Crippen LogP contribution in [-0.4, -0.2) is 22.8 Å². The van der Waals surface area contributed by atoms with Crippen LogP contribution in [-0.2, 0) is 11.8 Å². The van der Waals surface area contributed by atoms with E-state index in [1.165, 1.54) is 11.1 Å². The summed E-state index contributed by atoms with van der Waals surface area (Å²) < 4.78 is 7.58. The Kier molecular flexibility index (Phi) is 3.29. The predicted octanol–water partition coefficient (Wildman–Crippen LogP) is 2.49. The highest BCUT2D eigenvalue weighted by Gasteiger charge is 2.22. The molecule has 1 aliphatic rings. The van der Waals surface area contributed by atoms with Crippen LogP contribution in [0.15, 0.2) is 18.3 Å². The number of hydrogen-bond donors (Lipinski definition) is 1. The van der Waals surface area contributed by atoms with E-state index in [1.54, 1.807) is 0 Å². The number of rotatable bonds is 2. The van der Waals surface area contributed by atoms with Crippen LogP contribution in [0.5, 0.6) is 0 Å². The Hall–Kier alpha value is -1.39. The van der Waals surface area contributed by atoms with Crippen molar-refractivity contribution in [1.82, 2.24) is 9.55 Å². The number of aromatic nitrogens is 2. The summed E-state index contributed by atoms with van der Waals surface area (Å²) in [6.45, 7) is 3.70. The maximum absolute atomic E-state index is 6.12. The van der Waals surface area contributed by atoms with Gasteiger partial charge in [-0.15, -0.1) is 0 Å². The van der Waals surface area contributed by atoms with Crippen molar-refractivity contribution >= 4 is 11.0 Å². The smallest absolute Gasteiger partial charge is 0.0885 e. The minimum atomic E-state index is -0.0255. The molecule has 0 bridgehead atoms. The fraction of sp³-hybridized carbons (Fsp3) is 0.533. The van der Waals surface area contributed by atoms with Crippen LogP contribution >= 0.6 is 0 Å². The molecule has 2 aromatic rings. The van der Waals surface area contributed by atoms with Gasteiger partial charge in [0.15, 0.2) is 0 Å². The molecule has 3 rings (SSSR count). The first-order valence-electron chi connectivity index (χ1n) is 6.96. The first kappa shape index (κ1) is 12.6. The van der Waals surface area contributed by atoms with E-state index in [9.17, 15) is 0 Å². The highest BCUT2D eigenvalue weighted by atomic mass is 16.5. The van der Waals surface area contributed by atoms with Crippen molar-refractivity contribution in [3.05, 3.63) is 29.6 Å². The van der Waals surface area contributed by atoms with Gasteiger partial charge in [0.05, 0.1) is 16.7 Å². The molecule has 2 N–H and O–H groups in total. The molecule has 1 atom stereocenters. The number of aryl methyl sites for hydroxylation is 1. The molecule has 0 spiro atoms. The number of pyridine rings is 1. The first-order valence-corrected chi connectivity index (χ1v) is 6.96. The van der Waals surface area contributed by atoms with E-state index in [0.717, 1.165) is 37.3 Å². The molecular formula is C15H21N3O. The summed E-state index contributed by atoms with van der Waals surface area (Å²) in [6, 6.07) is 4.30. The molecule has 0 aromatic carbocycles. The van der Waals surface area contributed by atoms with Crippen molar-refractivity contribution in [1.29, 1.82) is 0 Å².